The lowest BCUT2D eigenvalue weighted by Crippen LogP contribution is -2.52. The number of hydrogen-bond donors (Lipinski definition) is 2. The number of aliphatic carboxylic acids is 1. The highest BCUT2D eigenvalue weighted by Crippen LogP contribution is 2.33. The van der Waals surface area contributed by atoms with Crippen LogP contribution in [0.5, 0.6) is 0 Å². The summed E-state index contributed by atoms with van der Waals surface area (Å²) >= 11 is 0. The molecule has 0 aromatic heterocycles. The molecule has 0 spiro atoms. The lowest BCUT2D eigenvalue weighted by atomic mass is 9.85. The summed E-state index contributed by atoms with van der Waals surface area (Å²) in [6, 6.07) is 5.84. The molecule has 2 N–H and O–H groups in total. The first-order valence-electron chi connectivity index (χ1n) is 7.06. The summed E-state index contributed by atoms with van der Waals surface area (Å²) in [5, 5.41) is 13.1. The van der Waals surface area contributed by atoms with Crippen molar-refractivity contribution >= 4 is 5.97 Å². The molecule has 0 bridgehead atoms. The summed E-state index contributed by atoms with van der Waals surface area (Å²) < 4.78 is 13.1. The Labute approximate surface area is 118 Å². The minimum Gasteiger partial charge on any atom is -0.480 e. The van der Waals surface area contributed by atoms with Gasteiger partial charge in [0.15, 0.2) is 0 Å². The van der Waals surface area contributed by atoms with Crippen molar-refractivity contribution in [2.24, 2.45) is 0 Å². The smallest absolute Gasteiger partial charge is 0.328 e. The standard InChI is InChI=1S/C15H21FN2O2/c1-2-15(14(19)20,12-4-6-13(16)7-5-12)18-10-3-8-17-9-11-18/h4-7,17H,2-3,8-11H2,1H3,(H,19,20). The fourth-order valence-electron chi connectivity index (χ4n) is 2.97. The van der Waals surface area contributed by atoms with E-state index in [1.54, 1.807) is 12.1 Å². The highest BCUT2D eigenvalue weighted by molar-refractivity contribution is 5.80. The molecule has 1 heterocycles. The van der Waals surface area contributed by atoms with E-state index in [9.17, 15) is 14.3 Å². The predicted molar refractivity (Wildman–Crippen MR) is 75.1 cm³/mol. The van der Waals surface area contributed by atoms with E-state index in [0.29, 0.717) is 18.5 Å². The highest BCUT2D eigenvalue weighted by atomic mass is 19.1. The number of halogens is 1. The molecular formula is C15H21FN2O2. The molecule has 0 amide bonds. The Bertz CT molecular complexity index is 455. The second-order valence-electron chi connectivity index (χ2n) is 5.12. The molecule has 0 radical (unpaired) electrons. The molecule has 1 aliphatic heterocycles. The van der Waals surface area contributed by atoms with Crippen LogP contribution in [0.25, 0.3) is 0 Å². The second-order valence-corrected chi connectivity index (χ2v) is 5.12. The van der Waals surface area contributed by atoms with Crippen LogP contribution in [0.3, 0.4) is 0 Å². The lowest BCUT2D eigenvalue weighted by molar-refractivity contribution is -0.153. The molecular weight excluding hydrogens is 259 g/mol. The Kier molecular flexibility index (Phi) is 4.73. The van der Waals surface area contributed by atoms with E-state index in [1.165, 1.54) is 12.1 Å². The van der Waals surface area contributed by atoms with Crippen molar-refractivity contribution in [2.75, 3.05) is 26.2 Å². The summed E-state index contributed by atoms with van der Waals surface area (Å²) in [6.07, 6.45) is 1.37. The van der Waals surface area contributed by atoms with Crippen LogP contribution in [-0.4, -0.2) is 42.2 Å². The zero-order valence-electron chi connectivity index (χ0n) is 11.7. The normalized spacial score (nSPS) is 20.1. The van der Waals surface area contributed by atoms with Gasteiger partial charge >= 0.3 is 5.97 Å². The maximum atomic E-state index is 13.1. The quantitative estimate of drug-likeness (QED) is 0.883. The van der Waals surface area contributed by atoms with Gasteiger partial charge < -0.3 is 10.4 Å². The van der Waals surface area contributed by atoms with Crippen LogP contribution in [0.1, 0.15) is 25.3 Å². The summed E-state index contributed by atoms with van der Waals surface area (Å²) in [5.41, 5.74) is -0.421. The monoisotopic (exact) mass is 280 g/mol. The number of nitrogens with one attached hydrogen (secondary N) is 1. The molecule has 1 aliphatic rings. The lowest BCUT2D eigenvalue weighted by Gasteiger charge is -2.40. The van der Waals surface area contributed by atoms with Gasteiger partial charge in [-0.1, -0.05) is 19.1 Å². The van der Waals surface area contributed by atoms with Crippen LogP contribution < -0.4 is 5.32 Å². The molecule has 1 unspecified atom stereocenters. The maximum absolute atomic E-state index is 13.1. The van der Waals surface area contributed by atoms with Gasteiger partial charge in [-0.15, -0.1) is 0 Å². The van der Waals surface area contributed by atoms with Crippen molar-refractivity contribution in [1.29, 1.82) is 0 Å². The van der Waals surface area contributed by atoms with Gasteiger partial charge in [-0.05, 0) is 37.1 Å². The van der Waals surface area contributed by atoms with Crippen molar-refractivity contribution in [3.8, 4) is 0 Å². The third kappa shape index (κ3) is 2.69. The van der Waals surface area contributed by atoms with E-state index in [4.69, 9.17) is 0 Å². The van der Waals surface area contributed by atoms with Gasteiger partial charge in [-0.25, -0.2) is 9.18 Å². The molecule has 0 aliphatic carbocycles. The number of carbonyl (C=O) groups is 1. The largest absolute Gasteiger partial charge is 0.480 e. The second kappa shape index (κ2) is 6.33. The third-order valence-electron chi connectivity index (χ3n) is 4.07. The van der Waals surface area contributed by atoms with Crippen LogP contribution in [0.4, 0.5) is 4.39 Å². The Balaban J connectivity index is 2.43. The summed E-state index contributed by atoms with van der Waals surface area (Å²) in [5.74, 6) is -1.21. The molecule has 0 saturated carbocycles. The Morgan fingerprint density at radius 1 is 1.35 bits per heavy atom. The van der Waals surface area contributed by atoms with E-state index in [1.807, 2.05) is 11.8 Å². The molecule has 20 heavy (non-hydrogen) atoms. The van der Waals surface area contributed by atoms with Crippen LogP contribution >= 0.6 is 0 Å². The fourth-order valence-corrected chi connectivity index (χ4v) is 2.97. The predicted octanol–water partition coefficient (Wildman–Crippen LogP) is 1.81. The van der Waals surface area contributed by atoms with Crippen molar-refractivity contribution in [3.05, 3.63) is 35.6 Å². The number of hydrogen-bond acceptors (Lipinski definition) is 3. The van der Waals surface area contributed by atoms with Crippen molar-refractivity contribution in [3.63, 3.8) is 0 Å². The molecule has 4 nitrogen and oxygen atoms in total. The van der Waals surface area contributed by atoms with E-state index < -0.39 is 11.5 Å². The molecule has 110 valence electrons. The molecule has 1 aromatic carbocycles. The molecule has 1 atom stereocenters. The molecule has 2 rings (SSSR count). The average molecular weight is 280 g/mol. The summed E-state index contributed by atoms with van der Waals surface area (Å²) in [4.78, 5) is 14.0. The van der Waals surface area contributed by atoms with Gasteiger partial charge in [0.05, 0.1) is 0 Å². The topological polar surface area (TPSA) is 52.6 Å². The van der Waals surface area contributed by atoms with Crippen LogP contribution in [0.2, 0.25) is 0 Å². The van der Waals surface area contributed by atoms with Gasteiger partial charge in [0.1, 0.15) is 11.4 Å². The molecule has 1 saturated heterocycles. The number of benzene rings is 1. The zero-order chi connectivity index (χ0) is 14.6. The maximum Gasteiger partial charge on any atom is 0.328 e. The van der Waals surface area contributed by atoms with Crippen molar-refractivity contribution < 1.29 is 14.3 Å². The van der Waals surface area contributed by atoms with Gasteiger partial charge in [-0.2, -0.15) is 0 Å². The Morgan fingerprint density at radius 2 is 2.05 bits per heavy atom. The van der Waals surface area contributed by atoms with E-state index >= 15 is 0 Å². The minimum absolute atomic E-state index is 0.346. The first kappa shape index (κ1) is 14.9. The van der Waals surface area contributed by atoms with Crippen molar-refractivity contribution in [1.82, 2.24) is 10.2 Å². The highest BCUT2D eigenvalue weighted by Gasteiger charge is 2.44. The van der Waals surface area contributed by atoms with Gasteiger partial charge in [0.2, 0.25) is 0 Å². The van der Waals surface area contributed by atoms with Crippen LogP contribution in [-0.2, 0) is 10.3 Å². The zero-order valence-corrected chi connectivity index (χ0v) is 11.7. The van der Waals surface area contributed by atoms with Gasteiger partial charge in [0, 0.05) is 19.6 Å². The first-order chi connectivity index (χ1) is 9.61. The summed E-state index contributed by atoms with van der Waals surface area (Å²) in [6.45, 7) is 4.95. The van der Waals surface area contributed by atoms with E-state index in [-0.39, 0.29) is 5.82 Å². The first-order valence-corrected chi connectivity index (χ1v) is 7.06. The van der Waals surface area contributed by atoms with Crippen LogP contribution in [0, 0.1) is 5.82 Å². The average Bonchev–Trinajstić information content (AvgIpc) is 2.71. The number of nitrogens with zero attached hydrogens (tertiary/aromatic N) is 1. The van der Waals surface area contributed by atoms with Crippen molar-refractivity contribution in [2.45, 2.75) is 25.3 Å². The van der Waals surface area contributed by atoms with Crippen LogP contribution in [0.15, 0.2) is 24.3 Å². The fraction of sp³-hybridized carbons (Fsp3) is 0.533. The SMILES string of the molecule is CCC(C(=O)O)(c1ccc(F)cc1)N1CCCNCC1. The Hall–Kier alpha value is -1.46. The molecule has 5 heteroatoms. The number of carboxylic acids is 1. The molecule has 1 fully saturated rings. The summed E-state index contributed by atoms with van der Waals surface area (Å²) in [7, 11) is 0. The van der Waals surface area contributed by atoms with E-state index in [2.05, 4.69) is 5.32 Å². The number of carboxylic acid groups (broad SMARTS) is 1. The third-order valence-corrected chi connectivity index (χ3v) is 4.07. The minimum atomic E-state index is -1.07. The van der Waals surface area contributed by atoms with E-state index in [0.717, 1.165) is 26.1 Å². The van der Waals surface area contributed by atoms with Gasteiger partial charge in [-0.3, -0.25) is 4.90 Å². The van der Waals surface area contributed by atoms with Gasteiger partial charge in [0.25, 0.3) is 0 Å². The Morgan fingerprint density at radius 3 is 2.65 bits per heavy atom. The molecule has 1 aromatic rings. The number of rotatable bonds is 4.